The van der Waals surface area contributed by atoms with Gasteiger partial charge >= 0.3 is 6.18 Å². The van der Waals surface area contributed by atoms with Gasteiger partial charge < -0.3 is 4.57 Å². The third-order valence-electron chi connectivity index (χ3n) is 3.77. The summed E-state index contributed by atoms with van der Waals surface area (Å²) in [6.45, 7) is 2.75. The van der Waals surface area contributed by atoms with Crippen LogP contribution < -0.4 is 5.32 Å². The monoisotopic (exact) mass is 394 g/mol. The van der Waals surface area contributed by atoms with Crippen molar-refractivity contribution in [2.45, 2.75) is 31.1 Å². The molecule has 0 unspecified atom stereocenters. The van der Waals surface area contributed by atoms with Crippen LogP contribution in [-0.2, 0) is 17.5 Å². The summed E-state index contributed by atoms with van der Waals surface area (Å²) in [4.78, 5) is 20.4. The number of alkyl halides is 3. The van der Waals surface area contributed by atoms with E-state index in [1.165, 1.54) is 6.07 Å². The van der Waals surface area contributed by atoms with Crippen molar-refractivity contribution in [3.05, 3.63) is 48.2 Å². The zero-order valence-corrected chi connectivity index (χ0v) is 15.3. The maximum absolute atomic E-state index is 12.5. The number of anilines is 1. The Kier molecular flexibility index (Phi) is 5.69. The fraction of sp³-hybridized carbons (Fsp3) is 0.278. The lowest BCUT2D eigenvalue weighted by Crippen LogP contribution is -2.18. The number of halogens is 3. The van der Waals surface area contributed by atoms with E-state index in [0.29, 0.717) is 17.5 Å². The van der Waals surface area contributed by atoms with Crippen molar-refractivity contribution in [3.8, 4) is 0 Å². The first-order valence-corrected chi connectivity index (χ1v) is 9.28. The number of amides is 1. The Bertz CT molecular complexity index is 938. The summed E-state index contributed by atoms with van der Waals surface area (Å²) in [5.74, 6) is 0.187. The number of rotatable bonds is 6. The lowest BCUT2D eigenvalue weighted by atomic mass is 10.3. The molecule has 3 rings (SSSR count). The summed E-state index contributed by atoms with van der Waals surface area (Å²) in [5, 5.41) is 3.12. The number of pyridine rings is 1. The van der Waals surface area contributed by atoms with Gasteiger partial charge in [-0.15, -0.1) is 0 Å². The number of aryl methyl sites for hydroxylation is 1. The molecule has 5 nitrogen and oxygen atoms in total. The number of carbonyl (C=O) groups excluding carboxylic acids is 1. The molecular formula is C18H17F3N4OS. The highest BCUT2D eigenvalue weighted by Gasteiger charge is 2.30. The highest BCUT2D eigenvalue weighted by Crippen LogP contribution is 2.29. The molecule has 27 heavy (non-hydrogen) atoms. The van der Waals surface area contributed by atoms with E-state index >= 15 is 0 Å². The van der Waals surface area contributed by atoms with Crippen molar-refractivity contribution in [1.29, 1.82) is 0 Å². The molecule has 3 aromatic rings. The zero-order valence-electron chi connectivity index (χ0n) is 14.5. The number of carbonyl (C=O) groups is 1. The third kappa shape index (κ3) is 4.60. The van der Waals surface area contributed by atoms with Gasteiger partial charge in [-0.1, -0.05) is 30.8 Å². The standard InChI is InChI=1S/C18H17F3N4OS/c1-2-9-25-14-6-4-3-5-13(14)23-17(25)24-15(26)11-27-16-8-7-12(10-22-16)18(19,20)21/h3-8,10H,2,9,11H2,1H3,(H,23,24,26). The Balaban J connectivity index is 1.66. The minimum absolute atomic E-state index is 0.0215. The van der Waals surface area contributed by atoms with Gasteiger partial charge in [0.15, 0.2) is 0 Å². The van der Waals surface area contributed by atoms with E-state index in [9.17, 15) is 18.0 Å². The van der Waals surface area contributed by atoms with Crippen LogP contribution in [0.5, 0.6) is 0 Å². The van der Waals surface area contributed by atoms with Crippen LogP contribution in [0.15, 0.2) is 47.6 Å². The first-order chi connectivity index (χ1) is 12.9. The minimum Gasteiger partial charge on any atom is -0.310 e. The summed E-state index contributed by atoms with van der Waals surface area (Å²) < 4.78 is 39.6. The van der Waals surface area contributed by atoms with Gasteiger partial charge in [0.05, 0.1) is 27.4 Å². The van der Waals surface area contributed by atoms with Crippen molar-refractivity contribution < 1.29 is 18.0 Å². The summed E-state index contributed by atoms with van der Waals surface area (Å²) in [5.41, 5.74) is 0.912. The van der Waals surface area contributed by atoms with Crippen molar-refractivity contribution >= 4 is 34.7 Å². The Morgan fingerprint density at radius 1 is 1.22 bits per heavy atom. The fourth-order valence-corrected chi connectivity index (χ4v) is 3.20. The van der Waals surface area contributed by atoms with Gasteiger partial charge in [0.25, 0.3) is 0 Å². The Morgan fingerprint density at radius 3 is 2.67 bits per heavy atom. The smallest absolute Gasteiger partial charge is 0.310 e. The molecule has 0 bridgehead atoms. The molecule has 142 valence electrons. The maximum Gasteiger partial charge on any atom is 0.417 e. The molecule has 0 atom stereocenters. The van der Waals surface area contributed by atoms with Crippen LogP contribution in [-0.4, -0.2) is 26.2 Å². The Morgan fingerprint density at radius 2 is 2.00 bits per heavy atom. The van der Waals surface area contributed by atoms with Gasteiger partial charge in [0.2, 0.25) is 11.9 Å². The van der Waals surface area contributed by atoms with E-state index in [-0.39, 0.29) is 11.7 Å². The van der Waals surface area contributed by atoms with Gasteiger partial charge in [-0.25, -0.2) is 9.97 Å². The first kappa shape index (κ1) is 19.2. The number of nitrogens with zero attached hydrogens (tertiary/aromatic N) is 3. The number of benzene rings is 1. The summed E-state index contributed by atoms with van der Waals surface area (Å²) in [6.07, 6.45) is -2.78. The summed E-state index contributed by atoms with van der Waals surface area (Å²) >= 11 is 1.07. The predicted octanol–water partition coefficient (Wildman–Crippen LogP) is 4.59. The second kappa shape index (κ2) is 7.99. The zero-order chi connectivity index (χ0) is 19.4. The predicted molar refractivity (Wildman–Crippen MR) is 98.6 cm³/mol. The molecule has 1 N–H and O–H groups in total. The summed E-state index contributed by atoms with van der Waals surface area (Å²) in [7, 11) is 0. The quantitative estimate of drug-likeness (QED) is 0.621. The van der Waals surface area contributed by atoms with Crippen molar-refractivity contribution in [1.82, 2.24) is 14.5 Å². The molecule has 9 heteroatoms. The molecule has 0 saturated heterocycles. The molecule has 2 aromatic heterocycles. The lowest BCUT2D eigenvalue weighted by molar-refractivity contribution is -0.137. The number of hydrogen-bond donors (Lipinski definition) is 1. The number of aromatic nitrogens is 3. The molecule has 0 aliphatic heterocycles. The van der Waals surface area contributed by atoms with Gasteiger partial charge in [-0.3, -0.25) is 10.1 Å². The highest BCUT2D eigenvalue weighted by atomic mass is 32.2. The molecule has 1 amide bonds. The van der Waals surface area contributed by atoms with Crippen molar-refractivity contribution in [2.24, 2.45) is 0 Å². The molecule has 0 aliphatic rings. The van der Waals surface area contributed by atoms with Crippen molar-refractivity contribution in [3.63, 3.8) is 0 Å². The second-order valence-electron chi connectivity index (χ2n) is 5.80. The molecular weight excluding hydrogens is 377 g/mol. The van der Waals surface area contributed by atoms with Crippen LogP contribution in [0.1, 0.15) is 18.9 Å². The summed E-state index contributed by atoms with van der Waals surface area (Å²) in [6, 6.07) is 9.81. The lowest BCUT2D eigenvalue weighted by Gasteiger charge is -2.09. The number of para-hydroxylation sites is 2. The normalized spacial score (nSPS) is 11.7. The molecule has 0 spiro atoms. The van der Waals surface area contributed by atoms with Crippen LogP contribution in [0.3, 0.4) is 0 Å². The minimum atomic E-state index is -4.42. The molecule has 0 fully saturated rings. The van der Waals surface area contributed by atoms with Gasteiger partial charge in [-0.2, -0.15) is 13.2 Å². The van der Waals surface area contributed by atoms with Crippen LogP contribution in [0, 0.1) is 0 Å². The van der Waals surface area contributed by atoms with Crippen LogP contribution in [0.4, 0.5) is 19.1 Å². The number of hydrogen-bond acceptors (Lipinski definition) is 4. The molecule has 0 radical (unpaired) electrons. The molecule has 2 heterocycles. The maximum atomic E-state index is 12.5. The van der Waals surface area contributed by atoms with Crippen molar-refractivity contribution in [2.75, 3.05) is 11.1 Å². The average Bonchev–Trinajstić information content (AvgIpc) is 2.97. The number of imidazole rings is 1. The molecule has 0 aliphatic carbocycles. The van der Waals surface area contributed by atoms with Crippen LogP contribution in [0.2, 0.25) is 0 Å². The number of thioether (sulfide) groups is 1. The van der Waals surface area contributed by atoms with Crippen LogP contribution in [0.25, 0.3) is 11.0 Å². The van der Waals surface area contributed by atoms with E-state index in [1.54, 1.807) is 0 Å². The average molecular weight is 394 g/mol. The highest BCUT2D eigenvalue weighted by molar-refractivity contribution is 7.99. The Labute approximate surface area is 158 Å². The van der Waals surface area contributed by atoms with Gasteiger partial charge in [0.1, 0.15) is 0 Å². The van der Waals surface area contributed by atoms with E-state index in [4.69, 9.17) is 0 Å². The molecule has 0 saturated carbocycles. The van der Waals surface area contributed by atoms with E-state index in [0.717, 1.165) is 41.5 Å². The SMILES string of the molecule is CCCn1c(NC(=O)CSc2ccc(C(F)(F)F)cn2)nc2ccccc21. The third-order valence-corrected chi connectivity index (χ3v) is 4.71. The van der Waals surface area contributed by atoms with E-state index in [2.05, 4.69) is 15.3 Å². The first-order valence-electron chi connectivity index (χ1n) is 8.29. The number of fused-ring (bicyclic) bond motifs is 1. The molecule has 1 aromatic carbocycles. The van der Waals surface area contributed by atoms with E-state index in [1.807, 2.05) is 35.8 Å². The van der Waals surface area contributed by atoms with Crippen LogP contribution >= 0.6 is 11.8 Å². The second-order valence-corrected chi connectivity index (χ2v) is 6.79. The van der Waals surface area contributed by atoms with Gasteiger partial charge in [-0.05, 0) is 30.7 Å². The Hall–Kier alpha value is -2.55. The van der Waals surface area contributed by atoms with Gasteiger partial charge in [0, 0.05) is 12.7 Å². The fourth-order valence-electron chi connectivity index (χ4n) is 2.55. The topological polar surface area (TPSA) is 59.8 Å². The number of nitrogens with one attached hydrogen (secondary N) is 1. The largest absolute Gasteiger partial charge is 0.417 e. The van der Waals surface area contributed by atoms with E-state index < -0.39 is 11.7 Å².